The van der Waals surface area contributed by atoms with E-state index in [2.05, 4.69) is 10.6 Å². The Bertz CT molecular complexity index is 863. The van der Waals surface area contributed by atoms with Crippen molar-refractivity contribution in [2.45, 2.75) is 31.1 Å². The minimum atomic E-state index is -1.01. The topological polar surface area (TPSA) is 101 Å². The number of nitro benzene ring substituents is 1. The number of nitro groups is 1. The van der Waals surface area contributed by atoms with Crippen molar-refractivity contribution < 1.29 is 18.9 Å². The Morgan fingerprint density at radius 2 is 1.96 bits per heavy atom. The highest BCUT2D eigenvalue weighted by molar-refractivity contribution is 7.10. The van der Waals surface area contributed by atoms with Crippen LogP contribution in [0.25, 0.3) is 0 Å². The molecule has 1 aliphatic carbocycles. The highest BCUT2D eigenvalue weighted by Crippen LogP contribution is 2.42. The van der Waals surface area contributed by atoms with Crippen molar-refractivity contribution in [3.05, 3.63) is 56.5 Å². The van der Waals surface area contributed by atoms with Crippen LogP contribution in [-0.4, -0.2) is 23.3 Å². The summed E-state index contributed by atoms with van der Waals surface area (Å²) in [6.45, 7) is 0.351. The molecule has 2 aromatic rings. The number of anilines is 1. The number of amides is 2. The third-order valence-corrected chi connectivity index (χ3v) is 5.92. The highest BCUT2D eigenvalue weighted by atomic mass is 32.1. The molecule has 2 amide bonds. The maximum absolute atomic E-state index is 13.4. The fourth-order valence-electron chi connectivity index (χ4n) is 3.39. The van der Waals surface area contributed by atoms with Crippen LogP contribution >= 0.6 is 11.3 Å². The first-order valence-corrected chi connectivity index (χ1v) is 9.36. The molecule has 9 heteroatoms. The van der Waals surface area contributed by atoms with Gasteiger partial charge in [0.15, 0.2) is 0 Å². The zero-order valence-electron chi connectivity index (χ0n) is 14.4. The molecule has 0 saturated heterocycles. The van der Waals surface area contributed by atoms with Gasteiger partial charge in [-0.2, -0.15) is 4.39 Å². The van der Waals surface area contributed by atoms with E-state index in [9.17, 15) is 24.1 Å². The van der Waals surface area contributed by atoms with Gasteiger partial charge in [-0.15, -0.1) is 11.3 Å². The quantitative estimate of drug-likeness (QED) is 0.463. The molecule has 3 rings (SSSR count). The largest absolute Gasteiger partial charge is 0.347 e. The van der Waals surface area contributed by atoms with E-state index in [0.717, 1.165) is 43.9 Å². The van der Waals surface area contributed by atoms with Crippen molar-refractivity contribution >= 4 is 34.5 Å². The first kappa shape index (κ1) is 19.0. The van der Waals surface area contributed by atoms with Crippen LogP contribution in [0.15, 0.2) is 35.7 Å². The fourth-order valence-corrected chi connectivity index (χ4v) is 4.38. The summed E-state index contributed by atoms with van der Waals surface area (Å²) < 4.78 is 13.4. The van der Waals surface area contributed by atoms with Gasteiger partial charge in [0, 0.05) is 28.6 Å². The van der Waals surface area contributed by atoms with E-state index in [1.54, 1.807) is 11.3 Å². The Hall–Kier alpha value is -2.81. The molecule has 0 radical (unpaired) electrons. The third kappa shape index (κ3) is 4.13. The minimum Gasteiger partial charge on any atom is -0.347 e. The predicted molar refractivity (Wildman–Crippen MR) is 99.2 cm³/mol. The van der Waals surface area contributed by atoms with E-state index in [1.165, 1.54) is 4.88 Å². The molecule has 0 unspecified atom stereocenters. The molecule has 0 aliphatic heterocycles. The van der Waals surface area contributed by atoms with Crippen molar-refractivity contribution in [2.24, 2.45) is 0 Å². The molecular weight excluding hydrogens is 373 g/mol. The molecule has 1 saturated carbocycles. The molecule has 142 valence electrons. The molecule has 1 aromatic heterocycles. The van der Waals surface area contributed by atoms with Gasteiger partial charge in [-0.25, -0.2) is 0 Å². The number of thiophene rings is 1. The third-order valence-electron chi connectivity index (χ3n) is 4.80. The van der Waals surface area contributed by atoms with Gasteiger partial charge in [-0.05, 0) is 36.4 Å². The lowest BCUT2D eigenvalue weighted by Gasteiger charge is -2.28. The number of benzene rings is 1. The van der Waals surface area contributed by atoms with Gasteiger partial charge in [0.25, 0.3) is 0 Å². The first-order chi connectivity index (χ1) is 12.9. The molecule has 0 atom stereocenters. The van der Waals surface area contributed by atoms with Crippen LogP contribution in [-0.2, 0) is 15.0 Å². The highest BCUT2D eigenvalue weighted by Gasteiger charge is 2.37. The molecule has 2 N–H and O–H groups in total. The predicted octanol–water partition coefficient (Wildman–Crippen LogP) is 3.36. The van der Waals surface area contributed by atoms with E-state index in [0.29, 0.717) is 6.54 Å². The van der Waals surface area contributed by atoms with Crippen LogP contribution in [0.5, 0.6) is 0 Å². The van der Waals surface area contributed by atoms with Gasteiger partial charge < -0.3 is 10.6 Å². The first-order valence-electron chi connectivity index (χ1n) is 8.48. The van der Waals surface area contributed by atoms with Crippen molar-refractivity contribution in [1.82, 2.24) is 5.32 Å². The number of rotatable bonds is 5. The van der Waals surface area contributed by atoms with Crippen molar-refractivity contribution in [3.63, 3.8) is 0 Å². The molecule has 1 aromatic carbocycles. The van der Waals surface area contributed by atoms with Crippen LogP contribution in [0.4, 0.5) is 15.8 Å². The molecule has 1 heterocycles. The number of nitrogens with zero attached hydrogens (tertiary/aromatic N) is 1. The van der Waals surface area contributed by atoms with E-state index < -0.39 is 28.2 Å². The lowest BCUT2D eigenvalue weighted by molar-refractivity contribution is -0.387. The second kappa shape index (κ2) is 7.83. The Morgan fingerprint density at radius 1 is 1.22 bits per heavy atom. The summed E-state index contributed by atoms with van der Waals surface area (Å²) in [6, 6.07) is 6.92. The fraction of sp³-hybridized carbons (Fsp3) is 0.333. The number of carbonyl (C=O) groups excluding carboxylic acids is 2. The number of nitrogens with one attached hydrogen (secondary N) is 2. The number of carbonyl (C=O) groups is 2. The van der Waals surface area contributed by atoms with Gasteiger partial charge in [0.1, 0.15) is 0 Å². The molecule has 1 fully saturated rings. The lowest BCUT2D eigenvalue weighted by atomic mass is 9.84. The summed E-state index contributed by atoms with van der Waals surface area (Å²) in [5.41, 5.74) is -0.938. The average molecular weight is 391 g/mol. The number of hydrogen-bond acceptors (Lipinski definition) is 5. The van der Waals surface area contributed by atoms with Crippen LogP contribution in [0, 0.1) is 15.9 Å². The van der Waals surface area contributed by atoms with E-state index in [-0.39, 0.29) is 11.1 Å². The summed E-state index contributed by atoms with van der Waals surface area (Å²) in [5.74, 6) is -2.79. The van der Waals surface area contributed by atoms with Crippen molar-refractivity contribution in [2.75, 3.05) is 11.9 Å². The Balaban J connectivity index is 1.64. The monoisotopic (exact) mass is 391 g/mol. The SMILES string of the molecule is O=C(NCC1(c2cccs2)CCCC1)C(=O)Nc1ccc(F)c([N+](=O)[O-])c1. The van der Waals surface area contributed by atoms with Gasteiger partial charge >= 0.3 is 17.5 Å². The van der Waals surface area contributed by atoms with Crippen LogP contribution in [0.3, 0.4) is 0 Å². The molecule has 27 heavy (non-hydrogen) atoms. The van der Waals surface area contributed by atoms with Crippen molar-refractivity contribution in [1.29, 1.82) is 0 Å². The Labute approximate surface area is 158 Å². The molecular formula is C18H18FN3O4S. The normalized spacial score (nSPS) is 15.3. The average Bonchev–Trinajstić information content (AvgIpc) is 3.33. The van der Waals surface area contributed by atoms with Gasteiger partial charge in [0.2, 0.25) is 5.82 Å². The van der Waals surface area contributed by atoms with Gasteiger partial charge in [-0.3, -0.25) is 19.7 Å². The standard InChI is InChI=1S/C18H18FN3O4S/c19-13-6-5-12(10-14(13)22(25)26)21-17(24)16(23)20-11-18(7-1-2-8-18)15-4-3-9-27-15/h3-6,9-10H,1-2,7-8,11H2,(H,20,23)(H,21,24). The molecule has 1 aliphatic rings. The minimum absolute atomic E-state index is 0.0166. The molecule has 7 nitrogen and oxygen atoms in total. The smallest absolute Gasteiger partial charge is 0.313 e. The van der Waals surface area contributed by atoms with E-state index >= 15 is 0 Å². The maximum Gasteiger partial charge on any atom is 0.313 e. The van der Waals surface area contributed by atoms with Crippen molar-refractivity contribution in [3.8, 4) is 0 Å². The summed E-state index contributed by atoms with van der Waals surface area (Å²) in [6.07, 6.45) is 4.03. The number of hydrogen-bond donors (Lipinski definition) is 2. The van der Waals surface area contributed by atoms with Crippen LogP contribution < -0.4 is 10.6 Å². The zero-order valence-corrected chi connectivity index (χ0v) is 15.2. The lowest BCUT2D eigenvalue weighted by Crippen LogP contribution is -2.43. The second-order valence-corrected chi connectivity index (χ2v) is 7.47. The summed E-state index contributed by atoms with van der Waals surface area (Å²) in [5, 5.41) is 17.7. The second-order valence-electron chi connectivity index (χ2n) is 6.52. The zero-order chi connectivity index (χ0) is 19.4. The van der Waals surface area contributed by atoms with Crippen LogP contribution in [0.2, 0.25) is 0 Å². The summed E-state index contributed by atoms with van der Waals surface area (Å²) >= 11 is 1.64. The Morgan fingerprint density at radius 3 is 2.59 bits per heavy atom. The van der Waals surface area contributed by atoms with Gasteiger partial charge in [0.05, 0.1) is 4.92 Å². The summed E-state index contributed by atoms with van der Waals surface area (Å²) in [4.78, 5) is 35.3. The molecule has 0 spiro atoms. The Kier molecular flexibility index (Phi) is 5.50. The van der Waals surface area contributed by atoms with Gasteiger partial charge in [-0.1, -0.05) is 18.9 Å². The van der Waals surface area contributed by atoms with E-state index in [1.807, 2.05) is 17.5 Å². The van der Waals surface area contributed by atoms with Crippen LogP contribution in [0.1, 0.15) is 30.6 Å². The van der Waals surface area contributed by atoms with E-state index in [4.69, 9.17) is 0 Å². The molecule has 0 bridgehead atoms. The number of halogens is 1. The summed E-state index contributed by atoms with van der Waals surface area (Å²) in [7, 11) is 0. The maximum atomic E-state index is 13.4.